The van der Waals surface area contributed by atoms with Gasteiger partial charge in [0.15, 0.2) is 5.69 Å². The molecule has 0 saturated heterocycles. The van der Waals surface area contributed by atoms with E-state index >= 15 is 0 Å². The van der Waals surface area contributed by atoms with Gasteiger partial charge < -0.3 is 10.5 Å². The molecule has 0 aromatic carbocycles. The number of nitrogens with two attached hydrogens (primary N) is 1. The molecular weight excluding hydrogens is 223 g/mol. The minimum absolute atomic E-state index is 0.158. The molecule has 0 amide bonds. The van der Waals surface area contributed by atoms with E-state index in [0.29, 0.717) is 6.42 Å². The minimum atomic E-state index is -4.55. The predicted octanol–water partition coefficient (Wildman–Crippen LogP) is 2.25. The molecule has 0 aliphatic heterocycles. The van der Waals surface area contributed by atoms with E-state index in [1.807, 2.05) is 6.92 Å². The summed E-state index contributed by atoms with van der Waals surface area (Å²) in [6.07, 6.45) is -4.12. The van der Waals surface area contributed by atoms with Gasteiger partial charge in [0.05, 0.1) is 6.10 Å². The second-order valence-electron chi connectivity index (χ2n) is 3.28. The Morgan fingerprint density at radius 1 is 1.44 bits per heavy atom. The molecule has 1 atom stereocenters. The second kappa shape index (κ2) is 4.54. The summed E-state index contributed by atoms with van der Waals surface area (Å²) in [5.41, 5.74) is 4.07. The van der Waals surface area contributed by atoms with Crippen LogP contribution in [0.5, 0.6) is 5.88 Å². The summed E-state index contributed by atoms with van der Waals surface area (Å²) in [6.45, 7) is 3.57. The monoisotopic (exact) mass is 235 g/mol. The lowest BCUT2D eigenvalue weighted by atomic mass is 10.3. The summed E-state index contributed by atoms with van der Waals surface area (Å²) in [5.74, 6) is -0.609. The van der Waals surface area contributed by atoms with Crippen molar-refractivity contribution in [3.05, 3.63) is 11.8 Å². The lowest BCUT2D eigenvalue weighted by molar-refractivity contribution is -0.141. The fourth-order valence-corrected chi connectivity index (χ4v) is 0.938. The van der Waals surface area contributed by atoms with Gasteiger partial charge in [-0.05, 0) is 13.3 Å². The van der Waals surface area contributed by atoms with Crippen LogP contribution in [0.1, 0.15) is 26.0 Å². The summed E-state index contributed by atoms with van der Waals surface area (Å²) in [4.78, 5) is 6.68. The predicted molar refractivity (Wildman–Crippen MR) is 51.8 cm³/mol. The van der Waals surface area contributed by atoms with Crippen LogP contribution >= 0.6 is 0 Å². The van der Waals surface area contributed by atoms with Crippen molar-refractivity contribution < 1.29 is 17.9 Å². The summed E-state index contributed by atoms with van der Waals surface area (Å²) < 4.78 is 42.2. The highest BCUT2D eigenvalue weighted by Crippen LogP contribution is 2.30. The third-order valence-electron chi connectivity index (χ3n) is 1.91. The zero-order valence-electron chi connectivity index (χ0n) is 8.88. The number of rotatable bonds is 3. The highest BCUT2D eigenvalue weighted by atomic mass is 19.4. The van der Waals surface area contributed by atoms with Crippen molar-refractivity contribution in [2.75, 3.05) is 5.73 Å². The van der Waals surface area contributed by atoms with Gasteiger partial charge in [-0.25, -0.2) is 4.98 Å². The molecule has 7 heteroatoms. The molecule has 0 radical (unpaired) electrons. The first-order valence-electron chi connectivity index (χ1n) is 4.71. The van der Waals surface area contributed by atoms with Crippen LogP contribution < -0.4 is 10.5 Å². The second-order valence-corrected chi connectivity index (χ2v) is 3.28. The maximum Gasteiger partial charge on any atom is 0.433 e. The van der Waals surface area contributed by atoms with Gasteiger partial charge in [-0.2, -0.15) is 18.2 Å². The Labute approximate surface area is 90.6 Å². The number of aromatic nitrogens is 2. The first-order valence-corrected chi connectivity index (χ1v) is 4.71. The molecule has 90 valence electrons. The molecule has 1 aromatic rings. The first-order chi connectivity index (χ1) is 7.32. The van der Waals surface area contributed by atoms with Gasteiger partial charge in [0.25, 0.3) is 0 Å². The van der Waals surface area contributed by atoms with Crippen molar-refractivity contribution in [3.63, 3.8) is 0 Å². The Morgan fingerprint density at radius 3 is 2.56 bits per heavy atom. The maximum absolute atomic E-state index is 12.4. The Hall–Kier alpha value is -1.53. The largest absolute Gasteiger partial charge is 0.475 e. The maximum atomic E-state index is 12.4. The number of halogens is 3. The van der Waals surface area contributed by atoms with E-state index in [2.05, 4.69) is 9.97 Å². The van der Waals surface area contributed by atoms with Crippen LogP contribution in [-0.2, 0) is 6.18 Å². The van der Waals surface area contributed by atoms with Crippen molar-refractivity contribution in [2.45, 2.75) is 32.5 Å². The van der Waals surface area contributed by atoms with E-state index in [0.717, 1.165) is 6.07 Å². The number of alkyl halides is 3. The van der Waals surface area contributed by atoms with Gasteiger partial charge in [0.1, 0.15) is 0 Å². The molecule has 0 bridgehead atoms. The fourth-order valence-electron chi connectivity index (χ4n) is 0.938. The van der Waals surface area contributed by atoms with Gasteiger partial charge in [0.2, 0.25) is 11.8 Å². The van der Waals surface area contributed by atoms with Crippen molar-refractivity contribution >= 4 is 5.95 Å². The average Bonchev–Trinajstić information content (AvgIpc) is 2.15. The van der Waals surface area contributed by atoms with Crippen LogP contribution in [0.2, 0.25) is 0 Å². The number of nitrogens with zero attached hydrogens (tertiary/aromatic N) is 2. The quantitative estimate of drug-likeness (QED) is 0.872. The van der Waals surface area contributed by atoms with Crippen molar-refractivity contribution in [3.8, 4) is 5.88 Å². The minimum Gasteiger partial charge on any atom is -0.475 e. The molecule has 1 unspecified atom stereocenters. The fraction of sp³-hybridized carbons (Fsp3) is 0.556. The summed E-state index contributed by atoms with van der Waals surface area (Å²) in [7, 11) is 0. The van der Waals surface area contributed by atoms with E-state index in [9.17, 15) is 13.2 Å². The Morgan fingerprint density at radius 2 is 2.06 bits per heavy atom. The highest BCUT2D eigenvalue weighted by molar-refractivity contribution is 5.27. The van der Waals surface area contributed by atoms with Crippen molar-refractivity contribution in [1.82, 2.24) is 9.97 Å². The normalized spacial score (nSPS) is 13.6. The standard InChI is InChI=1S/C9H12F3N3O/c1-3-5(2)16-7-4-6(9(10,11)12)14-8(13)15-7/h4-5H,3H2,1-2H3,(H2,13,14,15). The van der Waals surface area contributed by atoms with Crippen molar-refractivity contribution in [2.24, 2.45) is 0 Å². The molecule has 0 aliphatic rings. The Kier molecular flexibility index (Phi) is 3.56. The molecule has 2 N–H and O–H groups in total. The van der Waals surface area contributed by atoms with E-state index in [-0.39, 0.29) is 12.0 Å². The molecule has 16 heavy (non-hydrogen) atoms. The van der Waals surface area contributed by atoms with Crippen molar-refractivity contribution in [1.29, 1.82) is 0 Å². The van der Waals surface area contributed by atoms with Crippen LogP contribution in [-0.4, -0.2) is 16.1 Å². The highest BCUT2D eigenvalue weighted by Gasteiger charge is 2.33. The van der Waals surface area contributed by atoms with Gasteiger partial charge in [0, 0.05) is 6.07 Å². The number of hydrogen-bond acceptors (Lipinski definition) is 4. The molecule has 0 aliphatic carbocycles. The van der Waals surface area contributed by atoms with E-state index in [4.69, 9.17) is 10.5 Å². The third-order valence-corrected chi connectivity index (χ3v) is 1.91. The van der Waals surface area contributed by atoms with E-state index < -0.39 is 17.8 Å². The summed E-state index contributed by atoms with van der Waals surface area (Å²) >= 11 is 0. The van der Waals surface area contributed by atoms with Crippen LogP contribution in [0, 0.1) is 0 Å². The van der Waals surface area contributed by atoms with Gasteiger partial charge in [-0.15, -0.1) is 0 Å². The first kappa shape index (κ1) is 12.5. The Balaban J connectivity index is 2.99. The number of hydrogen-bond donors (Lipinski definition) is 1. The lowest BCUT2D eigenvalue weighted by Crippen LogP contribution is -2.15. The van der Waals surface area contributed by atoms with Crippen LogP contribution in [0.3, 0.4) is 0 Å². The molecule has 0 spiro atoms. The smallest absolute Gasteiger partial charge is 0.433 e. The van der Waals surface area contributed by atoms with Gasteiger partial charge in [-0.3, -0.25) is 0 Å². The molecule has 0 saturated carbocycles. The molecule has 1 rings (SSSR count). The van der Waals surface area contributed by atoms with E-state index in [1.54, 1.807) is 6.92 Å². The van der Waals surface area contributed by atoms with Gasteiger partial charge in [-0.1, -0.05) is 6.92 Å². The summed E-state index contributed by atoms with van der Waals surface area (Å²) in [5, 5.41) is 0. The molecule has 4 nitrogen and oxygen atoms in total. The zero-order chi connectivity index (χ0) is 12.3. The average molecular weight is 235 g/mol. The van der Waals surface area contributed by atoms with E-state index in [1.165, 1.54) is 0 Å². The Bertz CT molecular complexity index is 368. The molecular formula is C9H12F3N3O. The van der Waals surface area contributed by atoms with Crippen LogP contribution in [0.4, 0.5) is 19.1 Å². The zero-order valence-corrected chi connectivity index (χ0v) is 8.88. The third kappa shape index (κ3) is 3.25. The van der Waals surface area contributed by atoms with Crippen LogP contribution in [0.15, 0.2) is 6.07 Å². The molecule has 0 fully saturated rings. The number of anilines is 1. The topological polar surface area (TPSA) is 61.0 Å². The lowest BCUT2D eigenvalue weighted by Gasteiger charge is -2.13. The molecule has 1 aromatic heterocycles. The summed E-state index contributed by atoms with van der Waals surface area (Å²) in [6, 6.07) is 0.739. The number of nitrogen functional groups attached to an aromatic ring is 1. The molecule has 1 heterocycles. The van der Waals surface area contributed by atoms with Gasteiger partial charge >= 0.3 is 6.18 Å². The SMILES string of the molecule is CCC(C)Oc1cc(C(F)(F)F)nc(N)n1. The van der Waals surface area contributed by atoms with Crippen LogP contribution in [0.25, 0.3) is 0 Å². The number of ether oxygens (including phenoxy) is 1.